The predicted octanol–water partition coefficient (Wildman–Crippen LogP) is 5.00. The van der Waals surface area contributed by atoms with Crippen molar-refractivity contribution in [1.29, 1.82) is 0 Å². The lowest BCUT2D eigenvalue weighted by Crippen LogP contribution is -2.36. The van der Waals surface area contributed by atoms with Gasteiger partial charge in [-0.2, -0.15) is 4.31 Å². The smallest absolute Gasteiger partial charge is 0.308 e. The number of nitrogens with one attached hydrogen (secondary N) is 1. The Balaban J connectivity index is 1.49. The van der Waals surface area contributed by atoms with Crippen molar-refractivity contribution in [3.05, 3.63) is 88.4 Å². The number of hydrogen-bond donors (Lipinski definition) is 1. The summed E-state index contributed by atoms with van der Waals surface area (Å²) in [7, 11) is 0.0949. The zero-order valence-electron chi connectivity index (χ0n) is 20.7. The summed E-state index contributed by atoms with van der Waals surface area (Å²) < 4.78 is 28.5. The Bertz CT molecular complexity index is 1330. The fourth-order valence-electron chi connectivity index (χ4n) is 4.18. The van der Waals surface area contributed by atoms with E-state index in [0.717, 1.165) is 28.8 Å². The monoisotopic (exact) mass is 526 g/mol. The molecule has 0 saturated carbocycles. The maximum absolute atomic E-state index is 13.5. The van der Waals surface area contributed by atoms with Gasteiger partial charge in [-0.1, -0.05) is 48.0 Å². The van der Waals surface area contributed by atoms with Gasteiger partial charge in [0.25, 0.3) is 0 Å². The van der Waals surface area contributed by atoms with Gasteiger partial charge in [0.15, 0.2) is 0 Å². The van der Waals surface area contributed by atoms with Crippen LogP contribution in [0, 0.1) is 6.92 Å². The fourth-order valence-corrected chi connectivity index (χ4v) is 5.76. The Kier molecular flexibility index (Phi) is 8.00. The summed E-state index contributed by atoms with van der Waals surface area (Å²) in [6.45, 7) is 3.75. The normalized spacial score (nSPS) is 13.3. The molecule has 0 bridgehead atoms. The summed E-state index contributed by atoms with van der Waals surface area (Å²) in [5.74, 6) is 0. The zero-order valence-corrected chi connectivity index (χ0v) is 22.3. The fraction of sp³-hybridized carbons (Fsp3) is 0.296. The van der Waals surface area contributed by atoms with Crippen LogP contribution in [0.1, 0.15) is 16.7 Å². The minimum absolute atomic E-state index is 0.184. The number of likely N-dealkylation sites (N-methyl/N-ethyl adjacent to an activating group) is 1. The van der Waals surface area contributed by atoms with Gasteiger partial charge in [0.1, 0.15) is 0 Å². The van der Waals surface area contributed by atoms with E-state index in [9.17, 15) is 13.2 Å². The number of sulfonamides is 1. The summed E-state index contributed by atoms with van der Waals surface area (Å²) in [5, 5.41) is 3.50. The minimum atomic E-state index is -3.74. The average Bonchev–Trinajstić information content (AvgIpc) is 3.25. The largest absolute Gasteiger partial charge is 0.326 e. The Hall–Kier alpha value is -2.91. The van der Waals surface area contributed by atoms with Crippen LogP contribution >= 0.6 is 11.6 Å². The third-order valence-electron chi connectivity index (χ3n) is 6.24. The van der Waals surface area contributed by atoms with Gasteiger partial charge in [0, 0.05) is 36.9 Å². The minimum Gasteiger partial charge on any atom is -0.308 e. The van der Waals surface area contributed by atoms with E-state index in [1.54, 1.807) is 17.0 Å². The first-order valence-electron chi connectivity index (χ1n) is 11.8. The molecular formula is C27H31ClN4O3S. The Morgan fingerprint density at radius 1 is 1.03 bits per heavy atom. The van der Waals surface area contributed by atoms with Gasteiger partial charge in [0.2, 0.25) is 10.0 Å². The molecule has 0 radical (unpaired) electrons. The topological polar surface area (TPSA) is 73.0 Å². The number of amides is 2. The third-order valence-corrected chi connectivity index (χ3v) is 8.51. The van der Waals surface area contributed by atoms with Crippen LogP contribution in [0.15, 0.2) is 71.6 Å². The zero-order chi connectivity index (χ0) is 25.9. The van der Waals surface area contributed by atoms with Crippen molar-refractivity contribution in [2.75, 3.05) is 43.9 Å². The molecule has 1 N–H and O–H groups in total. The number of urea groups is 1. The van der Waals surface area contributed by atoms with Gasteiger partial charge >= 0.3 is 6.03 Å². The van der Waals surface area contributed by atoms with Crippen LogP contribution in [-0.4, -0.2) is 57.4 Å². The number of anilines is 2. The van der Waals surface area contributed by atoms with Crippen molar-refractivity contribution in [1.82, 2.24) is 9.21 Å². The number of hydrogen-bond acceptors (Lipinski definition) is 4. The number of carbonyl (C=O) groups excluding carboxylic acids is 1. The summed E-state index contributed by atoms with van der Waals surface area (Å²) in [6, 6.07) is 19.4. The molecular weight excluding hydrogens is 496 g/mol. The van der Waals surface area contributed by atoms with Crippen LogP contribution < -0.4 is 10.2 Å². The van der Waals surface area contributed by atoms with Crippen LogP contribution in [-0.2, 0) is 23.0 Å². The van der Waals surface area contributed by atoms with Crippen molar-refractivity contribution < 1.29 is 13.2 Å². The lowest BCUT2D eigenvalue weighted by Gasteiger charge is -2.24. The molecule has 3 aromatic carbocycles. The Labute approximate surface area is 218 Å². The maximum atomic E-state index is 13.5. The molecule has 7 nitrogen and oxygen atoms in total. The molecule has 3 aromatic rings. The first-order chi connectivity index (χ1) is 17.1. The van der Waals surface area contributed by atoms with E-state index in [1.807, 2.05) is 68.4 Å². The molecule has 0 atom stereocenters. The van der Waals surface area contributed by atoms with E-state index >= 15 is 0 Å². The highest BCUT2D eigenvalue weighted by Crippen LogP contribution is 2.33. The van der Waals surface area contributed by atoms with E-state index in [1.165, 1.54) is 16.4 Å². The summed E-state index contributed by atoms with van der Waals surface area (Å²) in [5.41, 5.74) is 4.32. The molecule has 0 fully saturated rings. The van der Waals surface area contributed by atoms with Crippen molar-refractivity contribution >= 4 is 39.0 Å². The lowest BCUT2D eigenvalue weighted by atomic mass is 10.1. The summed E-state index contributed by atoms with van der Waals surface area (Å²) in [6.07, 6.45) is 0.766. The number of nitrogens with zero attached hydrogens (tertiary/aromatic N) is 3. The summed E-state index contributed by atoms with van der Waals surface area (Å²) in [4.78, 5) is 16.8. The van der Waals surface area contributed by atoms with Crippen molar-refractivity contribution in [3.63, 3.8) is 0 Å². The van der Waals surface area contributed by atoms with Crippen molar-refractivity contribution in [2.24, 2.45) is 0 Å². The molecule has 190 valence electrons. The van der Waals surface area contributed by atoms with Gasteiger partial charge in [-0.15, -0.1) is 0 Å². The molecule has 0 saturated heterocycles. The van der Waals surface area contributed by atoms with Crippen LogP contribution in [0.3, 0.4) is 0 Å². The molecule has 1 heterocycles. The van der Waals surface area contributed by atoms with Crippen molar-refractivity contribution in [3.8, 4) is 0 Å². The first-order valence-corrected chi connectivity index (χ1v) is 13.6. The van der Waals surface area contributed by atoms with E-state index in [-0.39, 0.29) is 17.5 Å². The first kappa shape index (κ1) is 26.2. The highest BCUT2D eigenvalue weighted by molar-refractivity contribution is 7.89. The van der Waals surface area contributed by atoms with Crippen LogP contribution in [0.2, 0.25) is 5.02 Å². The highest BCUT2D eigenvalue weighted by atomic mass is 35.5. The standard InChI is InChI=1S/C27H31ClN4O3S/c1-20-17-22-13-14-32(26(22)18-25(20)28)27(33)29-23-9-11-24(12-10-23)36(34,35)31(16-15-30(2)3)19-21-7-5-4-6-8-21/h4-12,17-18H,13-16,19H2,1-3H3,(H,29,33). The quantitative estimate of drug-likeness (QED) is 0.448. The van der Waals surface area contributed by atoms with E-state index in [4.69, 9.17) is 11.6 Å². The van der Waals surface area contributed by atoms with Gasteiger partial charge < -0.3 is 10.2 Å². The van der Waals surface area contributed by atoms with Crippen LogP contribution in [0.25, 0.3) is 0 Å². The molecule has 9 heteroatoms. The number of rotatable bonds is 8. The number of benzene rings is 3. The van der Waals surface area contributed by atoms with Crippen LogP contribution in [0.5, 0.6) is 0 Å². The molecule has 0 aliphatic carbocycles. The van der Waals surface area contributed by atoms with Gasteiger partial charge in [-0.05, 0) is 74.5 Å². The Morgan fingerprint density at radius 3 is 2.39 bits per heavy atom. The second-order valence-corrected chi connectivity index (χ2v) is 11.6. The van der Waals surface area contributed by atoms with Crippen LogP contribution in [0.4, 0.5) is 16.2 Å². The SMILES string of the molecule is Cc1cc2c(cc1Cl)N(C(=O)Nc1ccc(S(=O)(=O)N(CCN(C)C)Cc3ccccc3)cc1)CC2. The molecule has 0 unspecified atom stereocenters. The molecule has 1 aliphatic rings. The second-order valence-electron chi connectivity index (χ2n) is 9.21. The molecule has 4 rings (SSSR count). The van der Waals surface area contributed by atoms with E-state index in [0.29, 0.717) is 30.3 Å². The third kappa shape index (κ3) is 5.90. The number of carbonyl (C=O) groups is 1. The second kappa shape index (κ2) is 11.0. The molecule has 1 aliphatic heterocycles. The van der Waals surface area contributed by atoms with Gasteiger partial charge in [-0.25, -0.2) is 13.2 Å². The van der Waals surface area contributed by atoms with Gasteiger partial charge in [0.05, 0.1) is 10.6 Å². The molecule has 2 amide bonds. The van der Waals surface area contributed by atoms with Gasteiger partial charge in [-0.3, -0.25) is 4.90 Å². The molecule has 0 aromatic heterocycles. The number of halogens is 1. The van der Waals surface area contributed by atoms with E-state index in [2.05, 4.69) is 5.32 Å². The Morgan fingerprint density at radius 2 is 1.72 bits per heavy atom. The molecule has 0 spiro atoms. The predicted molar refractivity (Wildman–Crippen MR) is 145 cm³/mol. The number of aryl methyl sites for hydroxylation is 1. The van der Waals surface area contributed by atoms with E-state index < -0.39 is 10.0 Å². The highest BCUT2D eigenvalue weighted by Gasteiger charge is 2.27. The average molecular weight is 527 g/mol. The summed E-state index contributed by atoms with van der Waals surface area (Å²) >= 11 is 6.28. The number of fused-ring (bicyclic) bond motifs is 1. The maximum Gasteiger partial charge on any atom is 0.326 e. The molecule has 36 heavy (non-hydrogen) atoms. The van der Waals surface area contributed by atoms with Crippen molar-refractivity contribution in [2.45, 2.75) is 24.8 Å². The lowest BCUT2D eigenvalue weighted by molar-refractivity contribution is 0.257.